The zero-order chi connectivity index (χ0) is 22.4. The van der Waals surface area contributed by atoms with Gasteiger partial charge >= 0.3 is 0 Å². The minimum absolute atomic E-state index is 0.128. The SMILES string of the molecule is CCn1nc(C(=O)N2CCCc3cccc(N4[C@H](C)CC[C@@H]4C)c32)c2ccccc2c1=O. The van der Waals surface area contributed by atoms with Crippen molar-refractivity contribution >= 4 is 28.1 Å². The van der Waals surface area contributed by atoms with Gasteiger partial charge in [-0.25, -0.2) is 4.68 Å². The number of carbonyl (C=O) groups excluding carboxylic acids is 1. The average molecular weight is 431 g/mol. The van der Waals surface area contributed by atoms with Crippen LogP contribution in [0, 0.1) is 0 Å². The number of para-hydroxylation sites is 1. The van der Waals surface area contributed by atoms with Gasteiger partial charge in [0.15, 0.2) is 5.69 Å². The van der Waals surface area contributed by atoms with Crippen molar-refractivity contribution in [3.05, 3.63) is 64.1 Å². The number of amides is 1. The lowest BCUT2D eigenvalue weighted by molar-refractivity contribution is 0.0980. The van der Waals surface area contributed by atoms with Crippen LogP contribution in [0.1, 0.15) is 56.1 Å². The Kier molecular flexibility index (Phi) is 5.24. The molecule has 3 aromatic rings. The average Bonchev–Trinajstić information content (AvgIpc) is 3.16. The highest BCUT2D eigenvalue weighted by Gasteiger charge is 2.34. The summed E-state index contributed by atoms with van der Waals surface area (Å²) >= 11 is 0. The van der Waals surface area contributed by atoms with E-state index in [1.54, 1.807) is 6.07 Å². The molecule has 1 aromatic heterocycles. The fourth-order valence-corrected chi connectivity index (χ4v) is 5.45. The summed E-state index contributed by atoms with van der Waals surface area (Å²) < 4.78 is 1.40. The molecule has 2 aliphatic rings. The number of aromatic nitrogens is 2. The first-order chi connectivity index (χ1) is 15.5. The number of benzene rings is 2. The van der Waals surface area contributed by atoms with Gasteiger partial charge < -0.3 is 9.80 Å². The van der Waals surface area contributed by atoms with Gasteiger partial charge in [0, 0.05) is 30.6 Å². The predicted molar refractivity (Wildman–Crippen MR) is 129 cm³/mol. The molecule has 3 heterocycles. The monoisotopic (exact) mass is 430 g/mol. The Labute approximate surface area is 188 Å². The fourth-order valence-electron chi connectivity index (χ4n) is 5.45. The highest BCUT2D eigenvalue weighted by molar-refractivity contribution is 6.14. The van der Waals surface area contributed by atoms with E-state index in [1.165, 1.54) is 10.2 Å². The minimum atomic E-state index is -0.154. The Hall–Kier alpha value is -3.15. The van der Waals surface area contributed by atoms with Crippen LogP contribution >= 0.6 is 0 Å². The van der Waals surface area contributed by atoms with Gasteiger partial charge in [-0.3, -0.25) is 9.59 Å². The van der Waals surface area contributed by atoms with E-state index in [0.717, 1.165) is 37.1 Å². The molecule has 0 saturated carbocycles. The van der Waals surface area contributed by atoms with E-state index in [4.69, 9.17) is 0 Å². The molecule has 2 atom stereocenters. The number of nitrogens with zero attached hydrogens (tertiary/aromatic N) is 4. The van der Waals surface area contributed by atoms with Crippen LogP contribution in [0.4, 0.5) is 11.4 Å². The lowest BCUT2D eigenvalue weighted by atomic mass is 9.98. The molecule has 5 rings (SSSR count). The summed E-state index contributed by atoms with van der Waals surface area (Å²) in [6.45, 7) is 7.49. The van der Waals surface area contributed by atoms with Crippen LogP contribution in [-0.2, 0) is 13.0 Å². The van der Waals surface area contributed by atoms with Crippen molar-refractivity contribution in [3.8, 4) is 0 Å². The van der Waals surface area contributed by atoms with E-state index in [-0.39, 0.29) is 11.5 Å². The number of anilines is 2. The van der Waals surface area contributed by atoms with Gasteiger partial charge in [-0.1, -0.05) is 30.3 Å². The van der Waals surface area contributed by atoms with Gasteiger partial charge in [0.05, 0.1) is 16.8 Å². The number of hydrogen-bond donors (Lipinski definition) is 0. The molecule has 2 aromatic carbocycles. The van der Waals surface area contributed by atoms with Crippen LogP contribution in [0.2, 0.25) is 0 Å². The first kappa shape index (κ1) is 20.7. The molecule has 166 valence electrons. The fraction of sp³-hybridized carbons (Fsp3) is 0.423. The summed E-state index contributed by atoms with van der Waals surface area (Å²) in [5.74, 6) is -0.128. The molecule has 6 heteroatoms. The van der Waals surface area contributed by atoms with Crippen LogP contribution < -0.4 is 15.4 Å². The largest absolute Gasteiger partial charge is 0.364 e. The molecule has 0 radical (unpaired) electrons. The van der Waals surface area contributed by atoms with Crippen molar-refractivity contribution in [3.63, 3.8) is 0 Å². The van der Waals surface area contributed by atoms with Gasteiger partial charge in [0.2, 0.25) is 0 Å². The molecule has 0 unspecified atom stereocenters. The standard InChI is InChI=1S/C26H30N4O2/c1-4-29-25(31)21-12-6-5-11-20(21)23(27-29)26(32)28-16-8-10-19-9-7-13-22(24(19)28)30-17(2)14-15-18(30)3/h5-7,9,11-13,17-18H,4,8,10,14-16H2,1-3H3/t17-,18+. The summed E-state index contributed by atoms with van der Waals surface area (Å²) in [6.07, 6.45) is 4.20. The molecule has 2 aliphatic heterocycles. The second-order valence-electron chi connectivity index (χ2n) is 9.04. The number of carbonyl (C=O) groups is 1. The second kappa shape index (κ2) is 8.08. The highest BCUT2D eigenvalue weighted by Crippen LogP contribution is 2.42. The molecule has 0 N–H and O–H groups in total. The molecular weight excluding hydrogens is 400 g/mol. The van der Waals surface area contributed by atoms with Gasteiger partial charge in [0.25, 0.3) is 11.5 Å². The quantitative estimate of drug-likeness (QED) is 0.619. The summed E-state index contributed by atoms with van der Waals surface area (Å²) in [6, 6.07) is 14.6. The molecule has 32 heavy (non-hydrogen) atoms. The van der Waals surface area contributed by atoms with Crippen molar-refractivity contribution in [1.29, 1.82) is 0 Å². The van der Waals surface area contributed by atoms with Crippen LogP contribution in [0.5, 0.6) is 0 Å². The molecule has 1 saturated heterocycles. The summed E-state index contributed by atoms with van der Waals surface area (Å²) in [5, 5.41) is 5.69. The van der Waals surface area contributed by atoms with E-state index in [1.807, 2.05) is 30.0 Å². The third-order valence-electron chi connectivity index (χ3n) is 7.04. The molecule has 6 nitrogen and oxygen atoms in total. The van der Waals surface area contributed by atoms with Crippen LogP contribution in [0.15, 0.2) is 47.3 Å². The zero-order valence-electron chi connectivity index (χ0n) is 19.0. The topological polar surface area (TPSA) is 58.4 Å². The molecule has 1 amide bonds. The lowest BCUT2D eigenvalue weighted by Crippen LogP contribution is -2.40. The van der Waals surface area contributed by atoms with Gasteiger partial charge in [-0.2, -0.15) is 5.10 Å². The smallest absolute Gasteiger partial charge is 0.279 e. The summed E-state index contributed by atoms with van der Waals surface area (Å²) in [5.41, 5.74) is 3.57. The Morgan fingerprint density at radius 3 is 2.47 bits per heavy atom. The maximum Gasteiger partial charge on any atom is 0.279 e. The Balaban J connectivity index is 1.67. The van der Waals surface area contributed by atoms with E-state index < -0.39 is 0 Å². The van der Waals surface area contributed by atoms with Crippen LogP contribution in [-0.4, -0.2) is 34.3 Å². The molecular formula is C26H30N4O2. The summed E-state index contributed by atoms with van der Waals surface area (Å²) in [4.78, 5) is 31.2. The van der Waals surface area contributed by atoms with Gasteiger partial charge in [0.1, 0.15) is 0 Å². The molecule has 0 aliphatic carbocycles. The Bertz CT molecular complexity index is 1240. The predicted octanol–water partition coefficient (Wildman–Crippen LogP) is 4.39. The third-order valence-corrected chi connectivity index (χ3v) is 7.04. The minimum Gasteiger partial charge on any atom is -0.364 e. The van der Waals surface area contributed by atoms with Crippen molar-refractivity contribution < 1.29 is 4.79 Å². The first-order valence-electron chi connectivity index (χ1n) is 11.7. The van der Waals surface area contributed by atoms with E-state index >= 15 is 0 Å². The number of fused-ring (bicyclic) bond motifs is 2. The third kappa shape index (κ3) is 3.20. The lowest BCUT2D eigenvalue weighted by Gasteiger charge is -2.37. The van der Waals surface area contributed by atoms with E-state index in [2.05, 4.69) is 42.0 Å². The van der Waals surface area contributed by atoms with Crippen molar-refractivity contribution in [2.45, 2.75) is 65.1 Å². The number of rotatable bonds is 3. The highest BCUT2D eigenvalue weighted by atomic mass is 16.2. The maximum atomic E-state index is 14.0. The maximum absolute atomic E-state index is 14.0. The Morgan fingerprint density at radius 1 is 1.03 bits per heavy atom. The van der Waals surface area contributed by atoms with Crippen molar-refractivity contribution in [2.24, 2.45) is 0 Å². The Morgan fingerprint density at radius 2 is 1.75 bits per heavy atom. The first-order valence-corrected chi connectivity index (χ1v) is 11.7. The van der Waals surface area contributed by atoms with Crippen LogP contribution in [0.25, 0.3) is 10.8 Å². The zero-order valence-corrected chi connectivity index (χ0v) is 19.0. The molecule has 1 fully saturated rings. The molecule has 0 spiro atoms. The molecule has 0 bridgehead atoms. The van der Waals surface area contributed by atoms with E-state index in [9.17, 15) is 9.59 Å². The van der Waals surface area contributed by atoms with Crippen molar-refractivity contribution in [1.82, 2.24) is 9.78 Å². The second-order valence-corrected chi connectivity index (χ2v) is 9.04. The number of aryl methyl sites for hydroxylation is 2. The number of hydrogen-bond acceptors (Lipinski definition) is 4. The van der Waals surface area contributed by atoms with Crippen LogP contribution in [0.3, 0.4) is 0 Å². The van der Waals surface area contributed by atoms with Gasteiger partial charge in [-0.15, -0.1) is 0 Å². The van der Waals surface area contributed by atoms with Crippen molar-refractivity contribution in [2.75, 3.05) is 16.3 Å². The summed E-state index contributed by atoms with van der Waals surface area (Å²) in [7, 11) is 0. The van der Waals surface area contributed by atoms with Gasteiger partial charge in [-0.05, 0) is 64.2 Å². The normalized spacial score (nSPS) is 20.6. The van der Waals surface area contributed by atoms with E-state index in [0.29, 0.717) is 41.6 Å².